The molecule has 2 aromatic heterocycles. The Hall–Kier alpha value is -2.96. The first-order valence-electron chi connectivity index (χ1n) is 8.97. The third-order valence-corrected chi connectivity index (χ3v) is 5.81. The van der Waals surface area contributed by atoms with E-state index in [0.717, 1.165) is 25.1 Å². The van der Waals surface area contributed by atoms with Crippen molar-refractivity contribution in [1.29, 1.82) is 0 Å². The summed E-state index contributed by atoms with van der Waals surface area (Å²) in [5, 5.41) is 4.60. The zero-order valence-electron chi connectivity index (χ0n) is 14.3. The van der Waals surface area contributed by atoms with E-state index in [0.29, 0.717) is 11.0 Å². The van der Waals surface area contributed by atoms with Crippen LogP contribution in [-0.2, 0) is 16.8 Å². The van der Waals surface area contributed by atoms with Crippen molar-refractivity contribution in [3.63, 3.8) is 0 Å². The number of aromatic amines is 1. The second-order valence-corrected chi connectivity index (χ2v) is 7.26. The molecule has 1 aliphatic carbocycles. The second-order valence-electron chi connectivity index (χ2n) is 7.26. The molecular weight excluding hydrogens is 330 g/mol. The van der Waals surface area contributed by atoms with Crippen LogP contribution >= 0.6 is 0 Å². The third-order valence-electron chi connectivity index (χ3n) is 5.81. The molecule has 132 valence electrons. The standard InChI is InChI=1S/C19H19N5O2/c25-16(10-24-17-13(9-22-24)18(26)21-12-20-17)23-11-19(7-3-4-8-19)14-5-1-2-6-15(14)23/h1-2,5-6,9,12H,3-4,7-8,10-11H2,(H,20,21,26). The predicted molar refractivity (Wildman–Crippen MR) is 97.1 cm³/mol. The Morgan fingerprint density at radius 3 is 2.88 bits per heavy atom. The maximum atomic E-state index is 13.1. The highest BCUT2D eigenvalue weighted by atomic mass is 16.2. The van der Waals surface area contributed by atoms with Crippen molar-refractivity contribution < 1.29 is 4.79 Å². The van der Waals surface area contributed by atoms with E-state index in [4.69, 9.17) is 0 Å². The Morgan fingerprint density at radius 2 is 2.04 bits per heavy atom. The number of para-hydroxylation sites is 1. The van der Waals surface area contributed by atoms with Crippen LogP contribution in [0.1, 0.15) is 31.2 Å². The molecule has 5 rings (SSSR count). The highest BCUT2D eigenvalue weighted by Gasteiger charge is 2.45. The molecule has 3 aromatic rings. The van der Waals surface area contributed by atoms with E-state index < -0.39 is 0 Å². The Labute approximate surface area is 149 Å². The molecule has 26 heavy (non-hydrogen) atoms. The maximum absolute atomic E-state index is 13.1. The van der Waals surface area contributed by atoms with Gasteiger partial charge in [-0.3, -0.25) is 9.59 Å². The van der Waals surface area contributed by atoms with Gasteiger partial charge in [0.25, 0.3) is 5.56 Å². The Morgan fingerprint density at radius 1 is 1.23 bits per heavy atom. The number of rotatable bonds is 2. The first kappa shape index (κ1) is 15.3. The number of carbonyl (C=O) groups excluding carboxylic acids is 1. The predicted octanol–water partition coefficient (Wildman–Crippen LogP) is 1.98. The van der Waals surface area contributed by atoms with Gasteiger partial charge in [-0.25, -0.2) is 9.67 Å². The zero-order chi connectivity index (χ0) is 17.7. The highest BCUT2D eigenvalue weighted by Crippen LogP contribution is 2.50. The van der Waals surface area contributed by atoms with Gasteiger partial charge in [-0.2, -0.15) is 5.10 Å². The van der Waals surface area contributed by atoms with Gasteiger partial charge < -0.3 is 9.88 Å². The largest absolute Gasteiger partial charge is 0.312 e. The van der Waals surface area contributed by atoms with Gasteiger partial charge in [0.2, 0.25) is 5.91 Å². The minimum absolute atomic E-state index is 0.0201. The van der Waals surface area contributed by atoms with Crippen LogP contribution in [0.3, 0.4) is 0 Å². The minimum atomic E-state index is -0.245. The SMILES string of the molecule is O=C(Cn1ncc2c(=O)[nH]cnc21)N1CC2(CCCC2)c2ccccc21. The average molecular weight is 349 g/mol. The summed E-state index contributed by atoms with van der Waals surface area (Å²) < 4.78 is 1.51. The molecule has 0 bridgehead atoms. The molecular formula is C19H19N5O2. The van der Waals surface area contributed by atoms with Gasteiger partial charge in [-0.1, -0.05) is 31.0 Å². The zero-order valence-corrected chi connectivity index (χ0v) is 14.3. The van der Waals surface area contributed by atoms with Crippen molar-refractivity contribution >= 4 is 22.6 Å². The molecule has 1 saturated carbocycles. The van der Waals surface area contributed by atoms with E-state index in [1.165, 1.54) is 35.6 Å². The van der Waals surface area contributed by atoms with Crippen molar-refractivity contribution in [1.82, 2.24) is 19.7 Å². The number of amides is 1. The van der Waals surface area contributed by atoms with Crippen LogP contribution in [0.5, 0.6) is 0 Å². The van der Waals surface area contributed by atoms with Gasteiger partial charge >= 0.3 is 0 Å². The summed E-state index contributed by atoms with van der Waals surface area (Å²) in [7, 11) is 0. The van der Waals surface area contributed by atoms with Crippen LogP contribution in [0.15, 0.2) is 41.6 Å². The van der Waals surface area contributed by atoms with Crippen molar-refractivity contribution in [2.75, 3.05) is 11.4 Å². The molecule has 7 nitrogen and oxygen atoms in total. The van der Waals surface area contributed by atoms with E-state index in [1.54, 1.807) is 0 Å². The molecule has 7 heteroatoms. The summed E-state index contributed by atoms with van der Waals surface area (Å²) in [6.07, 6.45) is 7.50. The van der Waals surface area contributed by atoms with Crippen LogP contribution in [0.4, 0.5) is 5.69 Å². The number of H-pyrrole nitrogens is 1. The van der Waals surface area contributed by atoms with E-state index in [1.807, 2.05) is 17.0 Å². The smallest absolute Gasteiger partial charge is 0.261 e. The number of anilines is 1. The number of nitrogens with zero attached hydrogens (tertiary/aromatic N) is 4. The fraction of sp³-hybridized carbons (Fsp3) is 0.368. The number of benzene rings is 1. The lowest BCUT2D eigenvalue weighted by molar-refractivity contribution is -0.119. The monoisotopic (exact) mass is 349 g/mol. The normalized spacial score (nSPS) is 17.9. The number of aromatic nitrogens is 4. The van der Waals surface area contributed by atoms with Gasteiger partial charge in [0.05, 0.1) is 12.5 Å². The number of fused-ring (bicyclic) bond motifs is 3. The van der Waals surface area contributed by atoms with E-state index in [9.17, 15) is 9.59 Å². The molecule has 3 heterocycles. The van der Waals surface area contributed by atoms with Gasteiger partial charge in [-0.05, 0) is 24.5 Å². The molecule has 0 radical (unpaired) electrons. The summed E-state index contributed by atoms with van der Waals surface area (Å²) in [6, 6.07) is 8.24. The fourth-order valence-corrected chi connectivity index (χ4v) is 4.57. The lowest BCUT2D eigenvalue weighted by Gasteiger charge is -2.24. The molecule has 2 aliphatic rings. The maximum Gasteiger partial charge on any atom is 0.261 e. The number of carbonyl (C=O) groups is 1. The van der Waals surface area contributed by atoms with E-state index in [2.05, 4.69) is 27.2 Å². The van der Waals surface area contributed by atoms with Crippen LogP contribution in [0, 0.1) is 0 Å². The summed E-state index contributed by atoms with van der Waals surface area (Å²) >= 11 is 0. The second kappa shape index (κ2) is 5.52. The fourth-order valence-electron chi connectivity index (χ4n) is 4.57. The summed E-state index contributed by atoms with van der Waals surface area (Å²) in [5.41, 5.74) is 2.61. The van der Waals surface area contributed by atoms with E-state index in [-0.39, 0.29) is 23.4 Å². The summed E-state index contributed by atoms with van der Waals surface area (Å²) in [5.74, 6) is -0.0201. The van der Waals surface area contributed by atoms with Crippen LogP contribution in [0.25, 0.3) is 11.0 Å². The molecule has 1 amide bonds. The quantitative estimate of drug-likeness (QED) is 0.767. The lowest BCUT2D eigenvalue weighted by atomic mass is 9.81. The van der Waals surface area contributed by atoms with Crippen LogP contribution in [-0.4, -0.2) is 32.2 Å². The van der Waals surface area contributed by atoms with Crippen LogP contribution < -0.4 is 10.5 Å². The molecule has 0 saturated heterocycles. The topological polar surface area (TPSA) is 83.9 Å². The average Bonchev–Trinajstić information content (AvgIpc) is 3.36. The third kappa shape index (κ3) is 2.13. The summed E-state index contributed by atoms with van der Waals surface area (Å²) in [4.78, 5) is 33.5. The minimum Gasteiger partial charge on any atom is -0.312 e. The Bertz CT molecular complexity index is 1060. The van der Waals surface area contributed by atoms with Gasteiger partial charge in [-0.15, -0.1) is 0 Å². The molecule has 1 N–H and O–H groups in total. The molecule has 1 fully saturated rings. The van der Waals surface area contributed by atoms with Crippen molar-refractivity contribution in [3.8, 4) is 0 Å². The summed E-state index contributed by atoms with van der Waals surface area (Å²) in [6.45, 7) is 0.808. The first-order valence-corrected chi connectivity index (χ1v) is 8.97. The first-order chi connectivity index (χ1) is 12.7. The number of hydrogen-bond donors (Lipinski definition) is 1. The van der Waals surface area contributed by atoms with Gasteiger partial charge in [0.1, 0.15) is 11.9 Å². The molecule has 0 unspecified atom stereocenters. The Kier molecular flexibility index (Phi) is 3.25. The molecule has 1 aliphatic heterocycles. The lowest BCUT2D eigenvalue weighted by Crippen LogP contribution is -2.37. The highest BCUT2D eigenvalue weighted by molar-refractivity contribution is 5.96. The van der Waals surface area contributed by atoms with Gasteiger partial charge in [0, 0.05) is 17.6 Å². The molecule has 1 spiro atoms. The number of nitrogens with one attached hydrogen (secondary N) is 1. The number of hydrogen-bond acceptors (Lipinski definition) is 4. The van der Waals surface area contributed by atoms with Crippen molar-refractivity contribution in [2.24, 2.45) is 0 Å². The molecule has 1 aromatic carbocycles. The van der Waals surface area contributed by atoms with Crippen molar-refractivity contribution in [3.05, 3.63) is 52.7 Å². The van der Waals surface area contributed by atoms with Crippen molar-refractivity contribution in [2.45, 2.75) is 37.6 Å². The Balaban J connectivity index is 1.49. The molecule has 0 atom stereocenters. The van der Waals surface area contributed by atoms with E-state index >= 15 is 0 Å². The van der Waals surface area contributed by atoms with Crippen LogP contribution in [0.2, 0.25) is 0 Å². The van der Waals surface area contributed by atoms with Gasteiger partial charge in [0.15, 0.2) is 5.65 Å².